The lowest BCUT2D eigenvalue weighted by Crippen LogP contribution is -2.43. The number of nitrogens with zero attached hydrogens (tertiary/aromatic N) is 2. The molecule has 2 rings (SSSR count). The van der Waals surface area contributed by atoms with Crippen molar-refractivity contribution < 1.29 is 14.3 Å². The molecular weight excluding hydrogens is 318 g/mol. The Labute approximate surface area is 149 Å². The average Bonchev–Trinajstić information content (AvgIpc) is 2.62. The number of likely N-dealkylation sites (tertiary alicyclic amines) is 1. The number of ether oxygens (including phenoxy) is 1. The van der Waals surface area contributed by atoms with Crippen LogP contribution in [-0.4, -0.2) is 62.0 Å². The summed E-state index contributed by atoms with van der Waals surface area (Å²) in [7, 11) is 3.24. The van der Waals surface area contributed by atoms with Crippen LogP contribution in [0.5, 0.6) is 5.75 Å². The Hall–Kier alpha value is -2.52. The van der Waals surface area contributed by atoms with E-state index >= 15 is 0 Å². The van der Waals surface area contributed by atoms with Crippen LogP contribution in [0.2, 0.25) is 0 Å². The summed E-state index contributed by atoms with van der Waals surface area (Å²) in [5.41, 5.74) is 0.646. The van der Waals surface area contributed by atoms with Crippen molar-refractivity contribution in [2.24, 2.45) is 5.92 Å². The van der Waals surface area contributed by atoms with Crippen LogP contribution in [0.1, 0.15) is 12.8 Å². The van der Waals surface area contributed by atoms with Gasteiger partial charge in [0.25, 0.3) is 0 Å². The maximum Gasteiger partial charge on any atom is 0.243 e. The van der Waals surface area contributed by atoms with Gasteiger partial charge >= 0.3 is 0 Å². The fraction of sp³-hybridized carbons (Fsp3) is 0.474. The van der Waals surface area contributed by atoms with Gasteiger partial charge in [0.2, 0.25) is 11.8 Å². The van der Waals surface area contributed by atoms with Crippen LogP contribution in [0, 0.1) is 18.3 Å². The van der Waals surface area contributed by atoms with E-state index in [-0.39, 0.29) is 24.3 Å². The smallest absolute Gasteiger partial charge is 0.243 e. The Morgan fingerprint density at radius 1 is 1.40 bits per heavy atom. The molecule has 0 radical (unpaired) electrons. The summed E-state index contributed by atoms with van der Waals surface area (Å²) >= 11 is 0. The number of methoxy groups -OCH3 is 1. The third-order valence-corrected chi connectivity index (χ3v) is 4.36. The first kappa shape index (κ1) is 18.8. The standard InChI is InChI=1S/C19H25N3O3/c1-4-10-22-11-8-15(9-12-22)19(24)21(2)14-18(23)20-16-6-5-7-17(13-16)25-3/h1,5-7,13,15H,8-12,14H2,2-3H3,(H,20,23). The molecule has 0 aliphatic carbocycles. The highest BCUT2D eigenvalue weighted by molar-refractivity contribution is 5.94. The number of piperidine rings is 1. The van der Waals surface area contributed by atoms with Crippen LogP contribution < -0.4 is 10.1 Å². The first-order valence-corrected chi connectivity index (χ1v) is 8.38. The largest absolute Gasteiger partial charge is 0.497 e. The normalized spacial score (nSPS) is 15.2. The second-order valence-electron chi connectivity index (χ2n) is 6.23. The molecule has 1 aromatic carbocycles. The van der Waals surface area contributed by atoms with E-state index in [1.54, 1.807) is 38.4 Å². The Kier molecular flexibility index (Phi) is 6.84. The number of anilines is 1. The van der Waals surface area contributed by atoms with Gasteiger partial charge in [-0.05, 0) is 38.1 Å². The molecule has 1 aliphatic rings. The highest BCUT2D eigenvalue weighted by Crippen LogP contribution is 2.19. The van der Waals surface area contributed by atoms with E-state index in [2.05, 4.69) is 16.1 Å². The van der Waals surface area contributed by atoms with Gasteiger partial charge in [-0.15, -0.1) is 6.42 Å². The maximum absolute atomic E-state index is 12.5. The van der Waals surface area contributed by atoms with Gasteiger partial charge in [-0.3, -0.25) is 14.5 Å². The summed E-state index contributed by atoms with van der Waals surface area (Å²) in [5.74, 6) is 3.05. The Morgan fingerprint density at radius 2 is 2.12 bits per heavy atom. The van der Waals surface area contributed by atoms with E-state index < -0.39 is 0 Å². The SMILES string of the molecule is C#CCN1CCC(C(=O)N(C)CC(=O)Nc2cccc(OC)c2)CC1. The van der Waals surface area contributed by atoms with Crippen LogP contribution >= 0.6 is 0 Å². The molecule has 2 amide bonds. The molecule has 1 saturated heterocycles. The summed E-state index contributed by atoms with van der Waals surface area (Å²) < 4.78 is 5.13. The van der Waals surface area contributed by atoms with E-state index in [4.69, 9.17) is 11.2 Å². The molecule has 0 aromatic heterocycles. The number of nitrogens with one attached hydrogen (secondary N) is 1. The van der Waals surface area contributed by atoms with E-state index in [0.29, 0.717) is 18.0 Å². The molecule has 1 fully saturated rings. The van der Waals surface area contributed by atoms with Crippen molar-refractivity contribution in [1.29, 1.82) is 0 Å². The number of hydrogen-bond donors (Lipinski definition) is 1. The Morgan fingerprint density at radius 3 is 2.76 bits per heavy atom. The molecule has 0 bridgehead atoms. The predicted octanol–water partition coefficient (Wildman–Crippen LogP) is 1.44. The fourth-order valence-electron chi connectivity index (χ4n) is 2.97. The van der Waals surface area contributed by atoms with Gasteiger partial charge in [-0.1, -0.05) is 12.0 Å². The lowest BCUT2D eigenvalue weighted by atomic mass is 9.95. The molecule has 134 valence electrons. The zero-order chi connectivity index (χ0) is 18.2. The lowest BCUT2D eigenvalue weighted by Gasteiger charge is -2.31. The molecular formula is C19H25N3O3. The highest BCUT2D eigenvalue weighted by atomic mass is 16.5. The zero-order valence-electron chi connectivity index (χ0n) is 14.8. The monoisotopic (exact) mass is 343 g/mol. The van der Waals surface area contributed by atoms with Crippen molar-refractivity contribution in [1.82, 2.24) is 9.80 Å². The zero-order valence-corrected chi connectivity index (χ0v) is 14.8. The van der Waals surface area contributed by atoms with Gasteiger partial charge in [0.05, 0.1) is 20.2 Å². The molecule has 25 heavy (non-hydrogen) atoms. The van der Waals surface area contributed by atoms with Crippen molar-refractivity contribution in [2.75, 3.05) is 45.7 Å². The number of likely N-dealkylation sites (N-methyl/N-ethyl adjacent to an activating group) is 1. The van der Waals surface area contributed by atoms with Crippen molar-refractivity contribution in [3.63, 3.8) is 0 Å². The number of carbonyl (C=O) groups is 2. The van der Waals surface area contributed by atoms with E-state index in [9.17, 15) is 9.59 Å². The van der Waals surface area contributed by atoms with Gasteiger partial charge < -0.3 is 15.0 Å². The van der Waals surface area contributed by atoms with Crippen molar-refractivity contribution in [2.45, 2.75) is 12.8 Å². The van der Waals surface area contributed by atoms with E-state index in [1.165, 1.54) is 4.90 Å². The third kappa shape index (κ3) is 5.50. The van der Waals surface area contributed by atoms with Crippen LogP contribution in [0.15, 0.2) is 24.3 Å². The molecule has 1 aliphatic heterocycles. The van der Waals surface area contributed by atoms with Crippen LogP contribution in [0.4, 0.5) is 5.69 Å². The minimum absolute atomic E-state index is 0.0150. The number of terminal acetylenes is 1. The van der Waals surface area contributed by atoms with Crippen LogP contribution in [0.25, 0.3) is 0 Å². The first-order valence-electron chi connectivity index (χ1n) is 8.38. The first-order chi connectivity index (χ1) is 12.0. The number of hydrogen-bond acceptors (Lipinski definition) is 4. The van der Waals surface area contributed by atoms with Gasteiger partial charge in [0.15, 0.2) is 0 Å². The van der Waals surface area contributed by atoms with Gasteiger partial charge in [0.1, 0.15) is 5.75 Å². The maximum atomic E-state index is 12.5. The van der Waals surface area contributed by atoms with E-state index in [0.717, 1.165) is 25.9 Å². The summed E-state index contributed by atoms with van der Waals surface area (Å²) in [6.07, 6.45) is 6.88. The van der Waals surface area contributed by atoms with E-state index in [1.807, 2.05) is 0 Å². The second kappa shape index (κ2) is 9.09. The van der Waals surface area contributed by atoms with Crippen molar-refractivity contribution >= 4 is 17.5 Å². The van der Waals surface area contributed by atoms with Crippen molar-refractivity contribution in [3.8, 4) is 18.1 Å². The molecule has 0 unspecified atom stereocenters. The number of rotatable bonds is 6. The molecule has 6 heteroatoms. The summed E-state index contributed by atoms with van der Waals surface area (Å²) in [6.45, 7) is 2.30. The van der Waals surface area contributed by atoms with Gasteiger partial charge in [-0.25, -0.2) is 0 Å². The number of amides is 2. The average molecular weight is 343 g/mol. The Bertz CT molecular complexity index is 646. The molecule has 0 atom stereocenters. The second-order valence-corrected chi connectivity index (χ2v) is 6.23. The fourth-order valence-corrected chi connectivity index (χ4v) is 2.97. The molecule has 6 nitrogen and oxygen atoms in total. The minimum Gasteiger partial charge on any atom is -0.497 e. The van der Waals surface area contributed by atoms with Gasteiger partial charge in [0, 0.05) is 24.7 Å². The summed E-state index contributed by atoms with van der Waals surface area (Å²) in [4.78, 5) is 28.4. The van der Waals surface area contributed by atoms with Crippen molar-refractivity contribution in [3.05, 3.63) is 24.3 Å². The number of benzene rings is 1. The van der Waals surface area contributed by atoms with Gasteiger partial charge in [-0.2, -0.15) is 0 Å². The minimum atomic E-state index is -0.228. The molecule has 0 saturated carbocycles. The van der Waals surface area contributed by atoms with Crippen LogP contribution in [-0.2, 0) is 9.59 Å². The molecule has 1 N–H and O–H groups in total. The third-order valence-electron chi connectivity index (χ3n) is 4.36. The quantitative estimate of drug-likeness (QED) is 0.794. The Balaban J connectivity index is 1.82. The highest BCUT2D eigenvalue weighted by Gasteiger charge is 2.27. The predicted molar refractivity (Wildman–Crippen MR) is 97.3 cm³/mol. The molecule has 1 heterocycles. The molecule has 0 spiro atoms. The number of carbonyl (C=O) groups excluding carboxylic acids is 2. The topological polar surface area (TPSA) is 61.9 Å². The molecule has 1 aromatic rings. The lowest BCUT2D eigenvalue weighted by molar-refractivity contribution is -0.138. The summed E-state index contributed by atoms with van der Waals surface area (Å²) in [5, 5.41) is 2.79. The summed E-state index contributed by atoms with van der Waals surface area (Å²) in [6, 6.07) is 7.12. The van der Waals surface area contributed by atoms with Crippen LogP contribution in [0.3, 0.4) is 0 Å².